The second-order valence-electron chi connectivity index (χ2n) is 6.51. The number of aliphatic hydroxyl groups is 1. The molecule has 2 unspecified atom stereocenters. The molecule has 0 radical (unpaired) electrons. The fourth-order valence-corrected chi connectivity index (χ4v) is 3.26. The van der Waals surface area contributed by atoms with Crippen LogP contribution in [0.2, 0.25) is 0 Å². The lowest BCUT2D eigenvalue weighted by Gasteiger charge is -2.35. The van der Waals surface area contributed by atoms with E-state index in [0.717, 1.165) is 11.3 Å². The molecule has 0 aromatic heterocycles. The van der Waals surface area contributed by atoms with Crippen LogP contribution in [-0.2, 0) is 11.2 Å². The number of carbonyl (C=O) groups is 2. The number of aliphatic hydroxyl groups excluding tert-OH is 1. The van der Waals surface area contributed by atoms with Gasteiger partial charge in [-0.05, 0) is 30.5 Å². The van der Waals surface area contributed by atoms with Gasteiger partial charge in [-0.2, -0.15) is 0 Å². The first-order valence-electron chi connectivity index (χ1n) is 8.94. The van der Waals surface area contributed by atoms with E-state index in [9.17, 15) is 9.59 Å². The number of nitrogens with one attached hydrogen (secondary N) is 2. The number of aliphatic imine (C=N–C) groups is 1. The molecule has 146 valence electrons. The number of guanidine groups is 1. The Labute approximate surface area is 158 Å². The van der Waals surface area contributed by atoms with Crippen LogP contribution >= 0.6 is 0 Å². The first-order valence-corrected chi connectivity index (χ1v) is 8.94. The zero-order chi connectivity index (χ0) is 19.4. The molecule has 9 nitrogen and oxygen atoms in total. The van der Waals surface area contributed by atoms with Crippen LogP contribution in [0.3, 0.4) is 0 Å². The Morgan fingerprint density at radius 1 is 1.26 bits per heavy atom. The minimum atomic E-state index is -0.543. The number of urea groups is 1. The summed E-state index contributed by atoms with van der Waals surface area (Å²) in [6.07, 6.45) is 0.780. The van der Waals surface area contributed by atoms with Crippen molar-refractivity contribution in [3.05, 3.63) is 29.8 Å². The Morgan fingerprint density at radius 3 is 2.67 bits per heavy atom. The van der Waals surface area contributed by atoms with Crippen LogP contribution in [0.5, 0.6) is 5.75 Å². The Bertz CT molecular complexity index is 721. The summed E-state index contributed by atoms with van der Waals surface area (Å²) in [7, 11) is 3.27. The summed E-state index contributed by atoms with van der Waals surface area (Å²) in [6, 6.07) is 6.80. The van der Waals surface area contributed by atoms with E-state index in [4.69, 9.17) is 9.84 Å². The third-order valence-electron chi connectivity index (χ3n) is 4.80. The Kier molecular flexibility index (Phi) is 5.80. The van der Waals surface area contributed by atoms with Gasteiger partial charge in [0.25, 0.3) is 5.91 Å². The molecule has 0 aliphatic carbocycles. The van der Waals surface area contributed by atoms with Gasteiger partial charge in [0.15, 0.2) is 12.0 Å². The predicted octanol–water partition coefficient (Wildman–Crippen LogP) is -0.242. The maximum absolute atomic E-state index is 12.5. The Morgan fingerprint density at radius 2 is 2.00 bits per heavy atom. The van der Waals surface area contributed by atoms with Crippen molar-refractivity contribution in [2.45, 2.75) is 25.0 Å². The lowest BCUT2D eigenvalue weighted by molar-refractivity contribution is -0.127. The molecule has 0 bridgehead atoms. The number of likely N-dealkylation sites (N-methyl/N-ethyl adjacent to an activating group) is 1. The van der Waals surface area contributed by atoms with Crippen LogP contribution in [0.25, 0.3) is 0 Å². The average Bonchev–Trinajstić information content (AvgIpc) is 3.04. The lowest BCUT2D eigenvalue weighted by Crippen LogP contribution is -2.64. The van der Waals surface area contributed by atoms with Crippen molar-refractivity contribution < 1.29 is 19.4 Å². The maximum atomic E-state index is 12.5. The zero-order valence-electron chi connectivity index (χ0n) is 15.5. The highest BCUT2D eigenvalue weighted by Gasteiger charge is 2.49. The van der Waals surface area contributed by atoms with E-state index in [1.54, 1.807) is 14.2 Å². The van der Waals surface area contributed by atoms with E-state index < -0.39 is 18.2 Å². The quantitative estimate of drug-likeness (QED) is 0.568. The summed E-state index contributed by atoms with van der Waals surface area (Å²) < 4.78 is 5.18. The number of fused-ring (bicyclic) bond motifs is 1. The number of hydrogen-bond acceptors (Lipinski definition) is 5. The van der Waals surface area contributed by atoms with Gasteiger partial charge in [-0.1, -0.05) is 12.1 Å². The molecule has 2 heterocycles. The molecule has 1 aromatic rings. The van der Waals surface area contributed by atoms with Gasteiger partial charge in [0.2, 0.25) is 0 Å². The molecule has 3 N–H and O–H groups in total. The smallest absolute Gasteiger partial charge is 0.325 e. The second-order valence-corrected chi connectivity index (χ2v) is 6.51. The van der Waals surface area contributed by atoms with Gasteiger partial charge in [-0.15, -0.1) is 0 Å². The van der Waals surface area contributed by atoms with Crippen molar-refractivity contribution in [2.24, 2.45) is 4.99 Å². The fourth-order valence-electron chi connectivity index (χ4n) is 3.26. The van der Waals surface area contributed by atoms with Crippen LogP contribution in [-0.4, -0.2) is 78.9 Å². The summed E-state index contributed by atoms with van der Waals surface area (Å²) in [4.78, 5) is 32.2. The van der Waals surface area contributed by atoms with Gasteiger partial charge in [0, 0.05) is 26.7 Å². The summed E-state index contributed by atoms with van der Waals surface area (Å²) in [5.74, 6) is 1.03. The monoisotopic (exact) mass is 375 g/mol. The van der Waals surface area contributed by atoms with Crippen LogP contribution < -0.4 is 15.4 Å². The minimum Gasteiger partial charge on any atom is -0.497 e. The number of imide groups is 1. The highest BCUT2D eigenvalue weighted by Crippen LogP contribution is 2.21. The molecule has 9 heteroatoms. The fraction of sp³-hybridized carbons (Fsp3) is 0.500. The molecule has 0 saturated carbocycles. The van der Waals surface area contributed by atoms with E-state index in [-0.39, 0.29) is 12.5 Å². The molecule has 2 aliphatic rings. The summed E-state index contributed by atoms with van der Waals surface area (Å²) in [5, 5.41) is 14.6. The first kappa shape index (κ1) is 19.0. The van der Waals surface area contributed by atoms with Gasteiger partial charge in [-0.25, -0.2) is 4.79 Å². The highest BCUT2D eigenvalue weighted by molar-refractivity contribution is 6.04. The summed E-state index contributed by atoms with van der Waals surface area (Å²) in [6.45, 7) is 1.05. The SMILES string of the molecule is COc1ccc(CCN2C(=NCCCO)NC3C2C(=O)NC(=O)N3C)cc1. The molecule has 2 fully saturated rings. The number of ether oxygens (including phenoxy) is 1. The van der Waals surface area contributed by atoms with Crippen LogP contribution in [0.1, 0.15) is 12.0 Å². The van der Waals surface area contributed by atoms with Gasteiger partial charge < -0.3 is 25.0 Å². The average molecular weight is 375 g/mol. The number of benzene rings is 1. The van der Waals surface area contributed by atoms with Crippen molar-refractivity contribution in [3.63, 3.8) is 0 Å². The van der Waals surface area contributed by atoms with Crippen molar-refractivity contribution in [3.8, 4) is 5.75 Å². The minimum absolute atomic E-state index is 0.0500. The van der Waals surface area contributed by atoms with Crippen molar-refractivity contribution in [2.75, 3.05) is 33.9 Å². The number of rotatable bonds is 7. The molecule has 2 saturated heterocycles. The topological polar surface area (TPSA) is 106 Å². The largest absolute Gasteiger partial charge is 0.497 e. The van der Waals surface area contributed by atoms with Crippen molar-refractivity contribution >= 4 is 17.9 Å². The third kappa shape index (κ3) is 3.97. The van der Waals surface area contributed by atoms with Gasteiger partial charge in [0.1, 0.15) is 11.9 Å². The number of amides is 3. The molecular formula is C18H25N5O4. The normalized spacial score (nSPS) is 23.3. The lowest BCUT2D eigenvalue weighted by atomic mass is 10.1. The van der Waals surface area contributed by atoms with E-state index in [1.807, 2.05) is 29.2 Å². The maximum Gasteiger partial charge on any atom is 0.325 e. The Hall–Kier alpha value is -2.81. The van der Waals surface area contributed by atoms with Gasteiger partial charge in [0.05, 0.1) is 7.11 Å². The molecule has 1 aromatic carbocycles. The number of hydrogen-bond donors (Lipinski definition) is 3. The standard InChI is InChI=1S/C18H25N5O4/c1-22-15-14(16(25)21-18(22)26)23(17(20-15)19-9-3-11-24)10-8-12-4-6-13(27-2)7-5-12/h4-7,14-15,24H,3,8-11H2,1-2H3,(H,19,20)(H,21,25,26). The number of methoxy groups -OCH3 is 1. The predicted molar refractivity (Wildman–Crippen MR) is 99.4 cm³/mol. The molecule has 2 aliphatic heterocycles. The number of carbonyl (C=O) groups excluding carboxylic acids is 2. The van der Waals surface area contributed by atoms with E-state index in [0.29, 0.717) is 31.9 Å². The molecule has 3 rings (SSSR count). The Balaban J connectivity index is 1.77. The first-order chi connectivity index (χ1) is 13.0. The van der Waals surface area contributed by atoms with Crippen molar-refractivity contribution in [1.29, 1.82) is 0 Å². The summed E-state index contributed by atoms with van der Waals surface area (Å²) >= 11 is 0. The molecule has 27 heavy (non-hydrogen) atoms. The van der Waals surface area contributed by atoms with Gasteiger partial charge >= 0.3 is 6.03 Å². The highest BCUT2D eigenvalue weighted by atomic mass is 16.5. The zero-order valence-corrected chi connectivity index (χ0v) is 15.5. The van der Waals surface area contributed by atoms with Crippen LogP contribution in [0, 0.1) is 0 Å². The molecule has 2 atom stereocenters. The molecule has 0 spiro atoms. The van der Waals surface area contributed by atoms with Crippen molar-refractivity contribution in [1.82, 2.24) is 20.4 Å². The van der Waals surface area contributed by atoms with E-state index in [2.05, 4.69) is 15.6 Å². The van der Waals surface area contributed by atoms with E-state index >= 15 is 0 Å². The summed E-state index contributed by atoms with van der Waals surface area (Å²) in [5.41, 5.74) is 1.11. The second kappa shape index (κ2) is 8.26. The molecular weight excluding hydrogens is 350 g/mol. The number of nitrogens with zero attached hydrogens (tertiary/aromatic N) is 3. The van der Waals surface area contributed by atoms with Crippen LogP contribution in [0.15, 0.2) is 29.3 Å². The third-order valence-corrected chi connectivity index (χ3v) is 4.80. The van der Waals surface area contributed by atoms with Crippen LogP contribution in [0.4, 0.5) is 4.79 Å². The van der Waals surface area contributed by atoms with Gasteiger partial charge in [-0.3, -0.25) is 15.1 Å². The molecule has 3 amide bonds. The van der Waals surface area contributed by atoms with E-state index in [1.165, 1.54) is 4.90 Å².